The molecule has 0 unspecified atom stereocenters. The lowest BCUT2D eigenvalue weighted by Gasteiger charge is -2.31. The molecule has 0 spiro atoms. The van der Waals surface area contributed by atoms with Crippen molar-refractivity contribution in [2.24, 2.45) is 5.92 Å². The zero-order chi connectivity index (χ0) is 19.6. The summed E-state index contributed by atoms with van der Waals surface area (Å²) in [6.45, 7) is 2.45. The second kappa shape index (κ2) is 8.19. The van der Waals surface area contributed by atoms with Gasteiger partial charge in [0.15, 0.2) is 0 Å². The monoisotopic (exact) mass is 426 g/mol. The molecular weight excluding hydrogens is 407 g/mol. The average Bonchev–Trinajstić information content (AvgIpc) is 2.64. The van der Waals surface area contributed by atoms with Crippen LogP contribution >= 0.6 is 23.2 Å². The van der Waals surface area contributed by atoms with Gasteiger partial charge in [-0.15, -0.1) is 0 Å². The van der Waals surface area contributed by atoms with Gasteiger partial charge in [-0.25, -0.2) is 8.42 Å². The minimum Gasteiger partial charge on any atom is -0.324 e. The Labute approximate surface area is 169 Å². The molecule has 1 N–H and O–H groups in total. The van der Waals surface area contributed by atoms with E-state index in [0.29, 0.717) is 35.1 Å². The molecule has 2 aromatic carbocycles. The lowest BCUT2D eigenvalue weighted by Crippen LogP contribution is -2.43. The second-order valence-corrected chi connectivity index (χ2v) is 9.41. The Morgan fingerprint density at radius 3 is 2.52 bits per heavy atom. The van der Waals surface area contributed by atoms with Crippen LogP contribution in [0.2, 0.25) is 10.0 Å². The third-order valence-electron chi connectivity index (χ3n) is 4.60. The predicted octanol–water partition coefficient (Wildman–Crippen LogP) is 4.34. The Hall–Kier alpha value is -1.60. The van der Waals surface area contributed by atoms with Gasteiger partial charge < -0.3 is 5.32 Å². The smallest absolute Gasteiger partial charge is 0.243 e. The zero-order valence-corrected chi connectivity index (χ0v) is 17.1. The number of anilines is 1. The van der Waals surface area contributed by atoms with Crippen LogP contribution in [0.15, 0.2) is 47.4 Å². The number of hydrogen-bond acceptors (Lipinski definition) is 3. The lowest BCUT2D eigenvalue weighted by molar-refractivity contribution is -0.120. The summed E-state index contributed by atoms with van der Waals surface area (Å²) in [4.78, 5) is 12.9. The van der Waals surface area contributed by atoms with Gasteiger partial charge in [0.05, 0.1) is 21.5 Å². The normalized spacial score (nSPS) is 18.3. The van der Waals surface area contributed by atoms with E-state index >= 15 is 0 Å². The predicted molar refractivity (Wildman–Crippen MR) is 108 cm³/mol. The topological polar surface area (TPSA) is 66.5 Å². The van der Waals surface area contributed by atoms with Gasteiger partial charge in [0.25, 0.3) is 0 Å². The molecule has 0 saturated carbocycles. The summed E-state index contributed by atoms with van der Waals surface area (Å²) < 4.78 is 27.1. The Bertz CT molecular complexity index is 946. The number of carbonyl (C=O) groups is 1. The minimum absolute atomic E-state index is 0.146. The van der Waals surface area contributed by atoms with Crippen molar-refractivity contribution in [1.82, 2.24) is 4.31 Å². The molecule has 1 aliphatic rings. The summed E-state index contributed by atoms with van der Waals surface area (Å²) >= 11 is 12.0. The maximum absolute atomic E-state index is 12.9. The summed E-state index contributed by atoms with van der Waals surface area (Å²) in [7, 11) is -3.62. The number of piperidine rings is 1. The van der Waals surface area contributed by atoms with Crippen molar-refractivity contribution in [3.63, 3.8) is 0 Å². The first-order chi connectivity index (χ1) is 12.8. The number of carbonyl (C=O) groups excluding carboxylic acids is 1. The molecule has 3 rings (SSSR count). The fourth-order valence-corrected chi connectivity index (χ4v) is 5.04. The second-order valence-electron chi connectivity index (χ2n) is 6.63. The van der Waals surface area contributed by atoms with Gasteiger partial charge in [0, 0.05) is 18.1 Å². The fourth-order valence-electron chi connectivity index (χ4n) is 3.06. The van der Waals surface area contributed by atoms with Crippen molar-refractivity contribution in [3.8, 4) is 0 Å². The zero-order valence-electron chi connectivity index (χ0n) is 14.8. The van der Waals surface area contributed by atoms with Crippen molar-refractivity contribution in [1.29, 1.82) is 0 Å². The quantitative estimate of drug-likeness (QED) is 0.790. The van der Waals surface area contributed by atoms with E-state index in [9.17, 15) is 13.2 Å². The van der Waals surface area contributed by atoms with Crippen LogP contribution in [0.5, 0.6) is 0 Å². The van der Waals surface area contributed by atoms with Gasteiger partial charge in [-0.2, -0.15) is 4.31 Å². The van der Waals surface area contributed by atoms with Gasteiger partial charge in [0.1, 0.15) is 0 Å². The van der Waals surface area contributed by atoms with Gasteiger partial charge in [-0.05, 0) is 50.1 Å². The van der Waals surface area contributed by atoms with Gasteiger partial charge in [-0.1, -0.05) is 40.9 Å². The first-order valence-corrected chi connectivity index (χ1v) is 10.8. The van der Waals surface area contributed by atoms with E-state index < -0.39 is 15.9 Å². The summed E-state index contributed by atoms with van der Waals surface area (Å²) in [5.41, 5.74) is 1.45. The van der Waals surface area contributed by atoms with E-state index in [0.717, 1.165) is 5.56 Å². The van der Waals surface area contributed by atoms with Crippen LogP contribution in [0.3, 0.4) is 0 Å². The fraction of sp³-hybridized carbons (Fsp3) is 0.316. The van der Waals surface area contributed by atoms with Gasteiger partial charge >= 0.3 is 0 Å². The van der Waals surface area contributed by atoms with E-state index in [1.807, 2.05) is 6.92 Å². The van der Waals surface area contributed by atoms with E-state index in [4.69, 9.17) is 23.2 Å². The van der Waals surface area contributed by atoms with Gasteiger partial charge in [0.2, 0.25) is 15.9 Å². The maximum atomic E-state index is 12.9. The number of halogens is 2. The number of rotatable bonds is 4. The number of benzene rings is 2. The molecule has 5 nitrogen and oxygen atoms in total. The molecule has 0 aromatic heterocycles. The molecule has 8 heteroatoms. The van der Waals surface area contributed by atoms with Crippen molar-refractivity contribution in [2.75, 3.05) is 18.4 Å². The molecule has 0 radical (unpaired) electrons. The molecule has 1 aliphatic heterocycles. The van der Waals surface area contributed by atoms with Crippen molar-refractivity contribution in [3.05, 3.63) is 58.1 Å². The molecule has 144 valence electrons. The molecule has 0 aliphatic carbocycles. The van der Waals surface area contributed by atoms with Crippen LogP contribution < -0.4 is 5.32 Å². The number of amides is 1. The highest BCUT2D eigenvalue weighted by Crippen LogP contribution is 2.28. The van der Waals surface area contributed by atoms with E-state index in [1.54, 1.807) is 42.5 Å². The summed E-state index contributed by atoms with van der Waals surface area (Å²) in [6, 6.07) is 11.6. The van der Waals surface area contributed by atoms with E-state index in [1.165, 1.54) is 4.31 Å². The highest BCUT2D eigenvalue weighted by molar-refractivity contribution is 7.89. The van der Waals surface area contributed by atoms with Crippen LogP contribution in [-0.2, 0) is 14.8 Å². The molecule has 1 fully saturated rings. The Morgan fingerprint density at radius 2 is 1.85 bits per heavy atom. The van der Waals surface area contributed by atoms with Crippen LogP contribution in [0, 0.1) is 12.8 Å². The molecule has 1 saturated heterocycles. The van der Waals surface area contributed by atoms with E-state index in [-0.39, 0.29) is 17.3 Å². The van der Waals surface area contributed by atoms with Crippen LogP contribution in [0.25, 0.3) is 0 Å². The SMILES string of the molecule is Cc1ccc(S(=O)(=O)N2CCC[C@H](C(=O)Nc3ccc(Cl)cc3Cl)C2)cc1. The van der Waals surface area contributed by atoms with Gasteiger partial charge in [-0.3, -0.25) is 4.79 Å². The Kier molecular flexibility index (Phi) is 6.11. The Morgan fingerprint density at radius 1 is 1.15 bits per heavy atom. The number of hydrogen-bond donors (Lipinski definition) is 1. The minimum atomic E-state index is -3.62. The molecule has 1 amide bonds. The highest BCUT2D eigenvalue weighted by Gasteiger charge is 2.33. The number of aryl methyl sites for hydroxylation is 1. The summed E-state index contributed by atoms with van der Waals surface area (Å²) in [5, 5.41) is 3.60. The highest BCUT2D eigenvalue weighted by atomic mass is 35.5. The van der Waals surface area contributed by atoms with Crippen molar-refractivity contribution in [2.45, 2.75) is 24.7 Å². The average molecular weight is 427 g/mol. The van der Waals surface area contributed by atoms with Crippen molar-refractivity contribution >= 4 is 44.8 Å². The van der Waals surface area contributed by atoms with Crippen LogP contribution in [0.1, 0.15) is 18.4 Å². The summed E-state index contributed by atoms with van der Waals surface area (Å²) in [5.74, 6) is -0.686. The lowest BCUT2D eigenvalue weighted by atomic mass is 9.99. The Balaban J connectivity index is 1.73. The van der Waals surface area contributed by atoms with E-state index in [2.05, 4.69) is 5.32 Å². The maximum Gasteiger partial charge on any atom is 0.243 e. The molecular formula is C19H20Cl2N2O3S. The first-order valence-electron chi connectivity index (χ1n) is 8.60. The summed E-state index contributed by atoms with van der Waals surface area (Å²) in [6.07, 6.45) is 1.24. The molecule has 2 aromatic rings. The van der Waals surface area contributed by atoms with Crippen LogP contribution in [-0.4, -0.2) is 31.7 Å². The number of nitrogens with one attached hydrogen (secondary N) is 1. The molecule has 1 atom stereocenters. The number of nitrogens with zero attached hydrogens (tertiary/aromatic N) is 1. The van der Waals surface area contributed by atoms with Crippen LogP contribution in [0.4, 0.5) is 5.69 Å². The third-order valence-corrected chi connectivity index (χ3v) is 7.03. The molecule has 1 heterocycles. The van der Waals surface area contributed by atoms with Crippen molar-refractivity contribution < 1.29 is 13.2 Å². The first kappa shape index (κ1) is 20.1. The largest absolute Gasteiger partial charge is 0.324 e. The molecule has 0 bridgehead atoms. The number of sulfonamides is 1. The third kappa shape index (κ3) is 4.63. The molecule has 27 heavy (non-hydrogen) atoms. The standard InChI is InChI=1S/C19H20Cl2N2O3S/c1-13-4-7-16(8-5-13)27(25,26)23-10-2-3-14(12-23)19(24)22-18-9-6-15(20)11-17(18)21/h4-9,11,14H,2-3,10,12H2,1H3,(H,22,24)/t14-/m0/s1.